The van der Waals surface area contributed by atoms with Gasteiger partial charge in [-0.1, -0.05) is 12.5 Å². The highest BCUT2D eigenvalue weighted by Gasteiger charge is 2.17. The monoisotopic (exact) mass is 216 g/mol. The van der Waals surface area contributed by atoms with E-state index in [-0.39, 0.29) is 24.4 Å². The first kappa shape index (κ1) is 11.4. The molecule has 1 fully saturated rings. The van der Waals surface area contributed by atoms with E-state index in [1.54, 1.807) is 6.07 Å². The van der Waals surface area contributed by atoms with Crippen molar-refractivity contribution in [1.82, 2.24) is 10.3 Å². The van der Waals surface area contributed by atoms with Crippen molar-refractivity contribution < 1.29 is 4.39 Å². The van der Waals surface area contributed by atoms with Crippen LogP contribution in [-0.4, -0.2) is 11.5 Å². The van der Waals surface area contributed by atoms with Gasteiger partial charge in [0.1, 0.15) is 0 Å². The zero-order chi connectivity index (χ0) is 9.10. The van der Waals surface area contributed by atoms with Gasteiger partial charge < -0.3 is 5.32 Å². The number of hydrogen-bond donors (Lipinski definition) is 1. The molecular weight excluding hydrogens is 203 g/mol. The molecule has 0 aromatic carbocycles. The quantitative estimate of drug-likeness (QED) is 0.730. The van der Waals surface area contributed by atoms with Crippen molar-refractivity contribution in [3.05, 3.63) is 29.8 Å². The largest absolute Gasteiger partial charge is 0.310 e. The molecule has 78 valence electrons. The average molecular weight is 217 g/mol. The number of nitrogens with zero attached hydrogens (tertiary/aromatic N) is 1. The van der Waals surface area contributed by atoms with E-state index in [2.05, 4.69) is 10.3 Å². The van der Waals surface area contributed by atoms with Crippen LogP contribution in [0.4, 0.5) is 4.39 Å². The van der Waals surface area contributed by atoms with Gasteiger partial charge >= 0.3 is 0 Å². The van der Waals surface area contributed by atoms with Crippen LogP contribution in [0, 0.1) is 5.95 Å². The van der Waals surface area contributed by atoms with Gasteiger partial charge in [-0.2, -0.15) is 4.39 Å². The number of pyridine rings is 1. The summed E-state index contributed by atoms with van der Waals surface area (Å²) >= 11 is 0. The molecule has 1 aliphatic heterocycles. The molecule has 0 amide bonds. The second kappa shape index (κ2) is 5.27. The first-order valence-electron chi connectivity index (χ1n) is 4.72. The molecule has 1 saturated heterocycles. The molecule has 4 heteroatoms. The normalized spacial score (nSPS) is 21.4. The number of hydrogen-bond acceptors (Lipinski definition) is 2. The summed E-state index contributed by atoms with van der Waals surface area (Å²) in [6.07, 6.45) is 4.87. The molecular formula is C10H14ClFN2. The molecule has 2 heterocycles. The van der Waals surface area contributed by atoms with E-state index in [0.717, 1.165) is 13.0 Å². The number of rotatable bonds is 1. The van der Waals surface area contributed by atoms with Crippen LogP contribution in [0.15, 0.2) is 18.3 Å². The third-order valence-corrected chi connectivity index (χ3v) is 2.47. The van der Waals surface area contributed by atoms with Gasteiger partial charge in [0.25, 0.3) is 0 Å². The summed E-state index contributed by atoms with van der Waals surface area (Å²) in [7, 11) is 0. The molecule has 2 nitrogen and oxygen atoms in total. The van der Waals surface area contributed by atoms with Crippen molar-refractivity contribution in [2.24, 2.45) is 0 Å². The van der Waals surface area contributed by atoms with E-state index < -0.39 is 0 Å². The Hall–Kier alpha value is -0.670. The summed E-state index contributed by atoms with van der Waals surface area (Å²) in [5, 5.41) is 3.30. The van der Waals surface area contributed by atoms with Crippen LogP contribution in [0.2, 0.25) is 0 Å². The van der Waals surface area contributed by atoms with Gasteiger partial charge in [0.05, 0.1) is 0 Å². The van der Waals surface area contributed by atoms with Crippen LogP contribution in [0.25, 0.3) is 0 Å². The fourth-order valence-corrected chi connectivity index (χ4v) is 1.78. The lowest BCUT2D eigenvalue weighted by atomic mass is 9.99. The minimum Gasteiger partial charge on any atom is -0.310 e. The molecule has 2 rings (SSSR count). The molecule has 0 spiro atoms. The Morgan fingerprint density at radius 2 is 2.29 bits per heavy atom. The van der Waals surface area contributed by atoms with Crippen molar-refractivity contribution in [1.29, 1.82) is 0 Å². The van der Waals surface area contributed by atoms with Crippen molar-refractivity contribution >= 4 is 12.4 Å². The van der Waals surface area contributed by atoms with Crippen LogP contribution in [0.5, 0.6) is 0 Å². The smallest absolute Gasteiger partial charge is 0.217 e. The zero-order valence-corrected chi connectivity index (χ0v) is 8.69. The Bertz CT molecular complexity index is 287. The summed E-state index contributed by atoms with van der Waals surface area (Å²) in [4.78, 5) is 3.65. The minimum absolute atomic E-state index is 0. The van der Waals surface area contributed by atoms with Crippen LogP contribution in [0.3, 0.4) is 0 Å². The number of nitrogens with one attached hydrogen (secondary N) is 1. The maximum atomic E-state index is 13.2. The molecule has 0 radical (unpaired) electrons. The zero-order valence-electron chi connectivity index (χ0n) is 7.87. The highest BCUT2D eigenvalue weighted by Crippen LogP contribution is 2.23. The SMILES string of the molecule is Cl.Fc1ncccc1[C@H]1CCCCN1. The lowest BCUT2D eigenvalue weighted by Crippen LogP contribution is -2.27. The summed E-state index contributed by atoms with van der Waals surface area (Å²) in [6, 6.07) is 3.77. The Morgan fingerprint density at radius 3 is 2.93 bits per heavy atom. The lowest BCUT2D eigenvalue weighted by Gasteiger charge is -2.23. The third kappa shape index (κ3) is 2.42. The minimum atomic E-state index is -0.332. The maximum Gasteiger partial charge on any atom is 0.217 e. The fraction of sp³-hybridized carbons (Fsp3) is 0.500. The highest BCUT2D eigenvalue weighted by atomic mass is 35.5. The molecule has 0 saturated carbocycles. The summed E-state index contributed by atoms with van der Waals surface area (Å²) in [5.41, 5.74) is 0.710. The second-order valence-corrected chi connectivity index (χ2v) is 3.39. The predicted molar refractivity (Wildman–Crippen MR) is 56.0 cm³/mol. The second-order valence-electron chi connectivity index (χ2n) is 3.39. The van der Waals surface area contributed by atoms with Crippen LogP contribution in [-0.2, 0) is 0 Å². The van der Waals surface area contributed by atoms with Crippen molar-refractivity contribution in [2.75, 3.05) is 6.54 Å². The van der Waals surface area contributed by atoms with Gasteiger partial charge in [-0.05, 0) is 25.5 Å². The van der Waals surface area contributed by atoms with E-state index in [0.29, 0.717) is 5.56 Å². The Labute approximate surface area is 89.3 Å². The van der Waals surface area contributed by atoms with E-state index in [1.807, 2.05) is 6.07 Å². The molecule has 1 aromatic rings. The predicted octanol–water partition coefficient (Wildman–Crippen LogP) is 2.46. The summed E-state index contributed by atoms with van der Waals surface area (Å²) in [6.45, 7) is 0.985. The lowest BCUT2D eigenvalue weighted by molar-refractivity contribution is 0.395. The topological polar surface area (TPSA) is 24.9 Å². The molecule has 0 aliphatic carbocycles. The summed E-state index contributed by atoms with van der Waals surface area (Å²) in [5.74, 6) is -0.332. The van der Waals surface area contributed by atoms with Gasteiger partial charge in [-0.3, -0.25) is 0 Å². The molecule has 1 aliphatic rings. The van der Waals surface area contributed by atoms with Crippen molar-refractivity contribution in [3.63, 3.8) is 0 Å². The van der Waals surface area contributed by atoms with E-state index >= 15 is 0 Å². The first-order chi connectivity index (χ1) is 6.38. The first-order valence-corrected chi connectivity index (χ1v) is 4.72. The molecule has 0 bridgehead atoms. The Morgan fingerprint density at radius 1 is 1.43 bits per heavy atom. The molecule has 14 heavy (non-hydrogen) atoms. The Balaban J connectivity index is 0.000000980. The molecule has 1 N–H and O–H groups in total. The van der Waals surface area contributed by atoms with Crippen LogP contribution in [0.1, 0.15) is 30.9 Å². The van der Waals surface area contributed by atoms with Crippen LogP contribution >= 0.6 is 12.4 Å². The van der Waals surface area contributed by atoms with Crippen molar-refractivity contribution in [3.8, 4) is 0 Å². The molecule has 1 aromatic heterocycles. The van der Waals surface area contributed by atoms with E-state index in [4.69, 9.17) is 0 Å². The number of halogens is 2. The Kier molecular flexibility index (Phi) is 4.29. The molecule has 0 unspecified atom stereocenters. The fourth-order valence-electron chi connectivity index (χ4n) is 1.78. The number of piperidine rings is 1. The van der Waals surface area contributed by atoms with E-state index in [1.165, 1.54) is 19.0 Å². The highest BCUT2D eigenvalue weighted by molar-refractivity contribution is 5.85. The van der Waals surface area contributed by atoms with Crippen LogP contribution < -0.4 is 5.32 Å². The van der Waals surface area contributed by atoms with Gasteiger partial charge in [-0.15, -0.1) is 12.4 Å². The molecule has 1 atom stereocenters. The van der Waals surface area contributed by atoms with Gasteiger partial charge in [0.15, 0.2) is 0 Å². The number of aromatic nitrogens is 1. The third-order valence-electron chi connectivity index (χ3n) is 2.47. The standard InChI is InChI=1S/C10H13FN2.ClH/c11-10-8(4-3-7-13-10)9-5-1-2-6-12-9;/h3-4,7,9,12H,1-2,5-6H2;1H/t9-;/m1./s1. The van der Waals surface area contributed by atoms with Gasteiger partial charge in [0.2, 0.25) is 5.95 Å². The van der Waals surface area contributed by atoms with Gasteiger partial charge in [0, 0.05) is 17.8 Å². The summed E-state index contributed by atoms with van der Waals surface area (Å²) < 4.78 is 13.2. The van der Waals surface area contributed by atoms with Gasteiger partial charge in [-0.25, -0.2) is 4.98 Å². The maximum absolute atomic E-state index is 13.2. The van der Waals surface area contributed by atoms with E-state index in [9.17, 15) is 4.39 Å². The van der Waals surface area contributed by atoms with Crippen molar-refractivity contribution in [2.45, 2.75) is 25.3 Å². The average Bonchev–Trinajstić information content (AvgIpc) is 2.20.